The molecule has 2 heterocycles. The molecule has 0 amide bonds. The number of nitrogens with zero attached hydrogens (tertiary/aromatic N) is 2. The Morgan fingerprint density at radius 3 is 1.71 bits per heavy atom. The summed E-state index contributed by atoms with van der Waals surface area (Å²) in [5, 5.41) is 66.3. The lowest BCUT2D eigenvalue weighted by molar-refractivity contribution is -0.230. The molecule has 1 saturated heterocycles. The molecular weight excluding hydrogens is 646 g/mol. The summed E-state index contributed by atoms with van der Waals surface area (Å²) in [5.41, 5.74) is 4.02. The van der Waals surface area contributed by atoms with Gasteiger partial charge in [0.15, 0.2) is 0 Å². The van der Waals surface area contributed by atoms with Crippen molar-refractivity contribution < 1.29 is 35.4 Å². The molecule has 10 nitrogen and oxygen atoms in total. The average molecular weight is 708 g/mol. The minimum atomic E-state index is -1.48. The number of hydrogen-bond acceptors (Lipinski definition) is 10. The number of benzene rings is 2. The maximum atomic E-state index is 11.4. The number of aromatic nitrogens is 2. The predicted octanol–water partition coefficient (Wildman–Crippen LogP) is 6.03. The predicted molar refractivity (Wildman–Crippen MR) is 201 cm³/mol. The van der Waals surface area contributed by atoms with Crippen LogP contribution in [0.4, 0.5) is 5.95 Å². The zero-order valence-corrected chi connectivity index (χ0v) is 30.3. The Morgan fingerprint density at radius 2 is 1.14 bits per heavy atom. The molecule has 7 N–H and O–H groups in total. The van der Waals surface area contributed by atoms with E-state index < -0.39 is 55.4 Å². The topological polar surface area (TPSA) is 168 Å². The van der Waals surface area contributed by atoms with E-state index in [4.69, 9.17) is 4.74 Å². The van der Waals surface area contributed by atoms with E-state index in [1.165, 1.54) is 57.8 Å². The number of anilines is 1. The maximum absolute atomic E-state index is 11.4. The van der Waals surface area contributed by atoms with E-state index in [1.54, 1.807) is 12.4 Å². The molecule has 1 fully saturated rings. The molecule has 0 aliphatic carbocycles. The monoisotopic (exact) mass is 707 g/mol. The summed E-state index contributed by atoms with van der Waals surface area (Å²) in [5.74, 6) is 0.273. The van der Waals surface area contributed by atoms with Gasteiger partial charge in [0.05, 0.1) is 31.0 Å². The fraction of sp³-hybridized carbons (Fsp3) is 0.610. The van der Waals surface area contributed by atoms with E-state index in [2.05, 4.69) is 46.5 Å². The van der Waals surface area contributed by atoms with Crippen LogP contribution >= 0.6 is 0 Å². The van der Waals surface area contributed by atoms with Crippen molar-refractivity contribution >= 4 is 5.95 Å². The van der Waals surface area contributed by atoms with E-state index in [0.717, 1.165) is 41.5 Å². The largest absolute Gasteiger partial charge is 0.394 e. The third-order valence-corrected chi connectivity index (χ3v) is 10.2. The number of hydrogen-bond donors (Lipinski definition) is 7. The first kappa shape index (κ1) is 40.8. The van der Waals surface area contributed by atoms with E-state index in [-0.39, 0.29) is 18.8 Å². The van der Waals surface area contributed by atoms with Gasteiger partial charge < -0.3 is 40.7 Å². The zero-order chi connectivity index (χ0) is 36.4. The van der Waals surface area contributed by atoms with Crippen molar-refractivity contribution in [3.8, 4) is 22.3 Å². The number of nitrogens with one attached hydrogen (secondary N) is 1. The van der Waals surface area contributed by atoms with Gasteiger partial charge in [0.2, 0.25) is 5.95 Å². The minimum Gasteiger partial charge on any atom is -0.394 e. The van der Waals surface area contributed by atoms with Crippen LogP contribution in [0.1, 0.15) is 103 Å². The molecule has 282 valence electrons. The van der Waals surface area contributed by atoms with E-state index in [9.17, 15) is 30.6 Å². The van der Waals surface area contributed by atoms with Crippen molar-refractivity contribution in [2.75, 3.05) is 11.9 Å². The van der Waals surface area contributed by atoms with E-state index >= 15 is 0 Å². The second kappa shape index (κ2) is 22.2. The lowest BCUT2D eigenvalue weighted by atomic mass is 9.90. The van der Waals surface area contributed by atoms with Gasteiger partial charge in [-0.05, 0) is 36.0 Å². The van der Waals surface area contributed by atoms with Gasteiger partial charge in [0.1, 0.15) is 24.4 Å². The first-order valence-corrected chi connectivity index (χ1v) is 19.2. The van der Waals surface area contributed by atoms with Crippen molar-refractivity contribution in [3.05, 3.63) is 67.0 Å². The molecule has 1 aliphatic heterocycles. The number of aliphatic hydroxyl groups is 6. The Bertz CT molecular complexity index is 1350. The Labute approximate surface area is 304 Å². The summed E-state index contributed by atoms with van der Waals surface area (Å²) in [4.78, 5) is 9.02. The summed E-state index contributed by atoms with van der Waals surface area (Å²) in [6.45, 7) is 1.73. The second-order valence-corrected chi connectivity index (χ2v) is 14.2. The minimum absolute atomic E-state index is 0.174. The van der Waals surface area contributed by atoms with Crippen molar-refractivity contribution in [1.82, 2.24) is 9.97 Å². The highest BCUT2D eigenvalue weighted by Gasteiger charge is 2.43. The highest BCUT2D eigenvalue weighted by Crippen LogP contribution is 2.28. The standard InChI is InChI=1S/C41H61N3O7/c1-2-3-4-5-6-7-8-9-10-11-12-16-19-34(46)37(47)33(24-25-35-38(48)40(50)39(49)36(28-45)51-35)44-41-42-26-32(27-43-41)31-22-20-30(21-23-31)29-17-14-13-15-18-29/h13-15,17-18,20-23,26-27,33-40,45-50H,2-12,16,19,24-25,28H2,1H3,(H,42,43,44)/t33-,34+,35+,36+,37-,38-,39-,40+/m0/s1. The molecule has 4 rings (SSSR count). The van der Waals surface area contributed by atoms with E-state index in [1.807, 2.05) is 30.3 Å². The first-order valence-electron chi connectivity index (χ1n) is 19.2. The third-order valence-electron chi connectivity index (χ3n) is 10.2. The molecule has 0 spiro atoms. The molecule has 0 bridgehead atoms. The average Bonchev–Trinajstić information content (AvgIpc) is 3.17. The Hall–Kier alpha value is -2.96. The normalized spacial score (nSPS) is 22.4. The second-order valence-electron chi connectivity index (χ2n) is 14.2. The number of unbranched alkanes of at least 4 members (excludes halogenated alkanes) is 11. The molecule has 1 aliphatic rings. The summed E-state index contributed by atoms with van der Waals surface area (Å²) >= 11 is 0. The molecule has 10 heteroatoms. The van der Waals surface area contributed by atoms with Crippen LogP contribution in [0.2, 0.25) is 0 Å². The van der Waals surface area contributed by atoms with E-state index in [0.29, 0.717) is 6.42 Å². The zero-order valence-electron chi connectivity index (χ0n) is 30.3. The van der Waals surface area contributed by atoms with Crippen LogP contribution < -0.4 is 5.32 Å². The number of ether oxygens (including phenoxy) is 1. The third kappa shape index (κ3) is 12.9. The van der Waals surface area contributed by atoms with Gasteiger partial charge in [-0.15, -0.1) is 0 Å². The van der Waals surface area contributed by atoms with Gasteiger partial charge in [-0.25, -0.2) is 9.97 Å². The van der Waals surface area contributed by atoms with Gasteiger partial charge in [0.25, 0.3) is 0 Å². The summed E-state index contributed by atoms with van der Waals surface area (Å²) in [6, 6.07) is 17.6. The van der Waals surface area contributed by atoms with Gasteiger partial charge in [-0.1, -0.05) is 139 Å². The molecule has 0 radical (unpaired) electrons. The van der Waals surface area contributed by atoms with Crippen LogP contribution in [-0.4, -0.2) is 96.0 Å². The molecule has 8 atom stereocenters. The molecular formula is C41H61N3O7. The van der Waals surface area contributed by atoms with Crippen LogP contribution in [0, 0.1) is 0 Å². The Balaban J connectivity index is 1.32. The van der Waals surface area contributed by atoms with Gasteiger partial charge in [-0.2, -0.15) is 0 Å². The highest BCUT2D eigenvalue weighted by molar-refractivity contribution is 5.69. The first-order chi connectivity index (χ1) is 24.8. The van der Waals surface area contributed by atoms with Crippen molar-refractivity contribution in [2.45, 2.75) is 152 Å². The van der Waals surface area contributed by atoms with Crippen LogP contribution in [0.3, 0.4) is 0 Å². The lowest BCUT2D eigenvalue weighted by Crippen LogP contribution is -2.58. The lowest BCUT2D eigenvalue weighted by Gasteiger charge is -2.40. The van der Waals surface area contributed by atoms with Crippen LogP contribution in [0.25, 0.3) is 22.3 Å². The highest BCUT2D eigenvalue weighted by atomic mass is 16.5. The molecule has 0 saturated carbocycles. The molecule has 2 aromatic carbocycles. The quantitative estimate of drug-likeness (QED) is 0.0579. The van der Waals surface area contributed by atoms with Crippen molar-refractivity contribution in [3.63, 3.8) is 0 Å². The summed E-state index contributed by atoms with van der Waals surface area (Å²) in [6.07, 6.45) is 10.4. The molecule has 0 unspecified atom stereocenters. The Kier molecular flexibility index (Phi) is 17.8. The fourth-order valence-electron chi connectivity index (χ4n) is 6.93. The van der Waals surface area contributed by atoms with Crippen LogP contribution in [0.15, 0.2) is 67.0 Å². The van der Waals surface area contributed by atoms with Gasteiger partial charge in [-0.3, -0.25) is 0 Å². The Morgan fingerprint density at radius 1 is 0.627 bits per heavy atom. The molecule has 1 aromatic heterocycles. The fourth-order valence-corrected chi connectivity index (χ4v) is 6.93. The number of rotatable bonds is 23. The molecule has 3 aromatic rings. The van der Waals surface area contributed by atoms with Crippen LogP contribution in [0.5, 0.6) is 0 Å². The van der Waals surface area contributed by atoms with Gasteiger partial charge in [0, 0.05) is 18.0 Å². The van der Waals surface area contributed by atoms with Crippen LogP contribution in [-0.2, 0) is 4.74 Å². The summed E-state index contributed by atoms with van der Waals surface area (Å²) in [7, 11) is 0. The molecule has 51 heavy (non-hydrogen) atoms. The maximum Gasteiger partial charge on any atom is 0.222 e. The number of aliphatic hydroxyl groups excluding tert-OH is 6. The van der Waals surface area contributed by atoms with Crippen molar-refractivity contribution in [2.24, 2.45) is 0 Å². The van der Waals surface area contributed by atoms with Crippen molar-refractivity contribution in [1.29, 1.82) is 0 Å². The SMILES string of the molecule is CCCCCCCCCCCCCC[C@@H](O)[C@@H](O)[C@H](CC[C@H]1O[C@H](CO)[C@H](O)[C@H](O)[C@H]1O)Nc1ncc(-c2ccc(-c3ccccc3)cc2)cn1. The van der Waals surface area contributed by atoms with Gasteiger partial charge >= 0.3 is 0 Å². The summed E-state index contributed by atoms with van der Waals surface area (Å²) < 4.78 is 5.71. The smallest absolute Gasteiger partial charge is 0.222 e.